The molecule has 1 aromatic heterocycles. The van der Waals surface area contributed by atoms with Crippen LogP contribution in [0.25, 0.3) is 11.0 Å². The van der Waals surface area contributed by atoms with Gasteiger partial charge in [0.1, 0.15) is 31.1 Å². The van der Waals surface area contributed by atoms with Crippen LogP contribution in [-0.2, 0) is 17.5 Å². The van der Waals surface area contributed by atoms with E-state index >= 15 is 0 Å². The van der Waals surface area contributed by atoms with Crippen LogP contribution in [0.15, 0.2) is 69.9 Å². The Balaban J connectivity index is 1.65. The number of alkyl halides is 3. The molecule has 40 heavy (non-hydrogen) atoms. The smallest absolute Gasteiger partial charge is 0.449 e. The van der Waals surface area contributed by atoms with Gasteiger partial charge in [-0.1, -0.05) is 29.3 Å². The van der Waals surface area contributed by atoms with E-state index in [4.69, 9.17) is 30.2 Å². The summed E-state index contributed by atoms with van der Waals surface area (Å²) in [6, 6.07) is 14.8. The molecule has 1 N–H and O–H groups in total. The second kappa shape index (κ2) is 11.3. The third kappa shape index (κ3) is 5.99. The predicted molar refractivity (Wildman–Crippen MR) is 140 cm³/mol. The molecule has 0 atom stereocenters. The molecule has 1 aliphatic rings. The van der Waals surface area contributed by atoms with Crippen LogP contribution >= 0.6 is 11.6 Å². The highest BCUT2D eigenvalue weighted by Crippen LogP contribution is 2.40. The number of rotatable bonds is 6. The van der Waals surface area contributed by atoms with Crippen molar-refractivity contribution in [3.05, 3.63) is 98.4 Å². The van der Waals surface area contributed by atoms with Crippen molar-refractivity contribution in [3.8, 4) is 17.2 Å². The number of morpholine rings is 1. The van der Waals surface area contributed by atoms with Crippen molar-refractivity contribution in [3.63, 3.8) is 0 Å². The molecule has 0 aliphatic carbocycles. The van der Waals surface area contributed by atoms with E-state index in [0.29, 0.717) is 31.3 Å². The van der Waals surface area contributed by atoms with Gasteiger partial charge in [-0.15, -0.1) is 0 Å². The summed E-state index contributed by atoms with van der Waals surface area (Å²) in [6.45, 7) is 4.04. The number of nitrogens with one attached hydrogen (secondary N) is 1. The van der Waals surface area contributed by atoms with Gasteiger partial charge in [0.15, 0.2) is 5.58 Å². The van der Waals surface area contributed by atoms with Gasteiger partial charge in [-0.25, -0.2) is 4.79 Å². The molecule has 0 saturated carbocycles. The first-order chi connectivity index (χ1) is 19.1. The Hall–Kier alpha value is -3.86. The number of aryl methyl sites for hydroxylation is 1. The van der Waals surface area contributed by atoms with Gasteiger partial charge in [-0.2, -0.15) is 13.2 Å². The number of halogens is 4. The number of quaternary nitrogens is 1. The van der Waals surface area contributed by atoms with Crippen molar-refractivity contribution >= 4 is 28.5 Å². The van der Waals surface area contributed by atoms with Crippen molar-refractivity contribution < 1.29 is 41.5 Å². The minimum absolute atomic E-state index is 0.000268. The molecule has 1 saturated heterocycles. The monoisotopic (exact) mass is 574 g/mol. The third-order valence-electron chi connectivity index (χ3n) is 6.49. The van der Waals surface area contributed by atoms with Gasteiger partial charge in [-0.05, 0) is 55.5 Å². The Bertz CT molecular complexity index is 1590. The number of carbonyl (C=O) groups excluding carboxylic acids is 1. The van der Waals surface area contributed by atoms with Crippen molar-refractivity contribution in [2.75, 3.05) is 26.3 Å². The SMILES string of the molecule is Cc1ccc(C(=O)Oc2ccc3c(=O)c(Oc4ccc(Cl)cc4)c(C(F)(F)F)oc3c2C[NH+]2CCOCC2)cc1. The van der Waals surface area contributed by atoms with Crippen LogP contribution in [0, 0.1) is 6.92 Å². The van der Waals surface area contributed by atoms with Gasteiger partial charge >= 0.3 is 12.1 Å². The second-order valence-electron chi connectivity index (χ2n) is 9.36. The number of hydrogen-bond donors (Lipinski definition) is 1. The number of carbonyl (C=O) groups is 1. The first-order valence-electron chi connectivity index (χ1n) is 12.4. The lowest BCUT2D eigenvalue weighted by atomic mass is 10.1. The Morgan fingerprint density at radius 3 is 2.33 bits per heavy atom. The maximum Gasteiger partial charge on any atom is 0.453 e. The molecule has 0 radical (unpaired) electrons. The van der Waals surface area contributed by atoms with Crippen LogP contribution in [0.1, 0.15) is 27.2 Å². The van der Waals surface area contributed by atoms with E-state index in [0.717, 1.165) is 10.5 Å². The summed E-state index contributed by atoms with van der Waals surface area (Å²) in [4.78, 5) is 27.3. The summed E-state index contributed by atoms with van der Waals surface area (Å²) in [5.74, 6) is -3.32. The van der Waals surface area contributed by atoms with Gasteiger partial charge in [0.2, 0.25) is 11.2 Å². The summed E-state index contributed by atoms with van der Waals surface area (Å²) >= 11 is 5.86. The lowest BCUT2D eigenvalue weighted by Gasteiger charge is -2.25. The largest absolute Gasteiger partial charge is 0.453 e. The topological polar surface area (TPSA) is 79.4 Å². The van der Waals surface area contributed by atoms with E-state index in [9.17, 15) is 22.8 Å². The Labute approximate surface area is 231 Å². The van der Waals surface area contributed by atoms with Crippen LogP contribution in [0.5, 0.6) is 17.2 Å². The number of ether oxygens (including phenoxy) is 3. The molecule has 0 bridgehead atoms. The minimum atomic E-state index is -5.06. The van der Waals surface area contributed by atoms with Gasteiger partial charge in [0.05, 0.1) is 29.7 Å². The Morgan fingerprint density at radius 2 is 1.68 bits per heavy atom. The molecule has 208 valence electrons. The number of esters is 1. The summed E-state index contributed by atoms with van der Waals surface area (Å²) in [5.41, 5.74) is 0.0269. The van der Waals surface area contributed by atoms with Crippen LogP contribution < -0.4 is 19.8 Å². The fourth-order valence-corrected chi connectivity index (χ4v) is 4.50. The van der Waals surface area contributed by atoms with Crippen molar-refractivity contribution in [1.29, 1.82) is 0 Å². The maximum atomic E-state index is 14.2. The van der Waals surface area contributed by atoms with E-state index in [1.54, 1.807) is 24.3 Å². The standard InChI is InChI=1S/C29H23ClF3NO6/c1-17-2-4-18(5-3-17)28(36)39-23-11-10-21-24(35)26(38-20-8-6-19(30)7-9-20)27(29(31,32)33)40-25(21)22(23)16-34-12-14-37-15-13-34/h2-11H,12-16H2,1H3/p+1. The fraction of sp³-hybridized carbons (Fsp3) is 0.241. The number of benzene rings is 3. The molecule has 0 amide bonds. The summed E-state index contributed by atoms with van der Waals surface area (Å²) < 4.78 is 64.6. The van der Waals surface area contributed by atoms with E-state index in [1.165, 1.54) is 36.4 Å². The molecule has 2 heterocycles. The maximum absolute atomic E-state index is 14.2. The highest BCUT2D eigenvalue weighted by molar-refractivity contribution is 6.30. The molecule has 0 unspecified atom stereocenters. The normalized spacial score (nSPS) is 14.3. The average Bonchev–Trinajstić information content (AvgIpc) is 2.92. The highest BCUT2D eigenvalue weighted by Gasteiger charge is 2.41. The lowest BCUT2D eigenvalue weighted by Crippen LogP contribution is -3.12. The van der Waals surface area contributed by atoms with Crippen molar-refractivity contribution in [1.82, 2.24) is 0 Å². The molecule has 0 spiro atoms. The molecule has 4 aromatic rings. The summed E-state index contributed by atoms with van der Waals surface area (Å²) in [5, 5.41) is 0.201. The fourth-order valence-electron chi connectivity index (χ4n) is 4.38. The minimum Gasteiger partial charge on any atom is -0.449 e. The Kier molecular flexibility index (Phi) is 7.84. The lowest BCUT2D eigenvalue weighted by molar-refractivity contribution is -0.921. The second-order valence-corrected chi connectivity index (χ2v) is 9.79. The zero-order valence-electron chi connectivity index (χ0n) is 21.3. The molecular weight excluding hydrogens is 551 g/mol. The summed E-state index contributed by atoms with van der Waals surface area (Å²) in [6.07, 6.45) is -5.06. The molecule has 5 rings (SSSR count). The first-order valence-corrected chi connectivity index (χ1v) is 12.8. The Morgan fingerprint density at radius 1 is 1.00 bits per heavy atom. The number of hydrogen-bond acceptors (Lipinski definition) is 6. The van der Waals surface area contributed by atoms with E-state index < -0.39 is 29.1 Å². The molecule has 1 fully saturated rings. The van der Waals surface area contributed by atoms with Crippen molar-refractivity contribution in [2.24, 2.45) is 0 Å². The zero-order valence-corrected chi connectivity index (χ0v) is 22.0. The van der Waals surface area contributed by atoms with Gasteiger partial charge in [0.25, 0.3) is 5.76 Å². The molecule has 7 nitrogen and oxygen atoms in total. The van der Waals surface area contributed by atoms with E-state index in [1.807, 2.05) is 6.92 Å². The molecule has 1 aliphatic heterocycles. The van der Waals surface area contributed by atoms with Crippen LogP contribution in [0.4, 0.5) is 13.2 Å². The predicted octanol–water partition coefficient (Wildman–Crippen LogP) is 5.20. The highest BCUT2D eigenvalue weighted by atomic mass is 35.5. The quantitative estimate of drug-likeness (QED) is 0.252. The summed E-state index contributed by atoms with van der Waals surface area (Å²) in [7, 11) is 0. The molecular formula is C29H24ClF3NO6+. The average molecular weight is 575 g/mol. The van der Waals surface area contributed by atoms with E-state index in [2.05, 4.69) is 0 Å². The van der Waals surface area contributed by atoms with Gasteiger partial charge in [0, 0.05) is 5.02 Å². The van der Waals surface area contributed by atoms with Gasteiger partial charge in [-0.3, -0.25) is 4.79 Å². The van der Waals surface area contributed by atoms with Crippen LogP contribution in [-0.4, -0.2) is 32.3 Å². The third-order valence-corrected chi connectivity index (χ3v) is 6.74. The van der Waals surface area contributed by atoms with E-state index in [-0.39, 0.29) is 40.1 Å². The van der Waals surface area contributed by atoms with Gasteiger partial charge < -0.3 is 23.5 Å². The zero-order chi connectivity index (χ0) is 28.4. The molecule has 11 heteroatoms. The van der Waals surface area contributed by atoms with Crippen LogP contribution in [0.3, 0.4) is 0 Å². The number of fused-ring (bicyclic) bond motifs is 1. The first kappa shape index (κ1) is 27.7. The van der Waals surface area contributed by atoms with Crippen molar-refractivity contribution in [2.45, 2.75) is 19.6 Å². The molecule has 3 aromatic carbocycles. The van der Waals surface area contributed by atoms with Crippen LogP contribution in [0.2, 0.25) is 5.02 Å².